The Hall–Kier alpha value is -1.60. The molecule has 0 bridgehead atoms. The summed E-state index contributed by atoms with van der Waals surface area (Å²) < 4.78 is 26.6. The third-order valence-corrected chi connectivity index (χ3v) is 5.41. The van der Waals surface area contributed by atoms with Crippen molar-refractivity contribution in [2.75, 3.05) is 25.0 Å². The highest BCUT2D eigenvalue weighted by Gasteiger charge is 2.24. The molecule has 0 aliphatic carbocycles. The van der Waals surface area contributed by atoms with Crippen molar-refractivity contribution in [2.45, 2.75) is 30.6 Å². The smallest absolute Gasteiger partial charge is 0.322 e. The maximum atomic E-state index is 12.5. The summed E-state index contributed by atoms with van der Waals surface area (Å²) in [6.45, 7) is 0.945. The van der Waals surface area contributed by atoms with Crippen LogP contribution in [0.25, 0.3) is 0 Å². The van der Waals surface area contributed by atoms with Gasteiger partial charge in [-0.25, -0.2) is 8.42 Å². The lowest BCUT2D eigenvalue weighted by molar-refractivity contribution is -0.134. The highest BCUT2D eigenvalue weighted by atomic mass is 32.2. The molecule has 0 spiro atoms. The minimum absolute atomic E-state index is 0.196. The molecule has 0 radical (unpaired) electrons. The van der Waals surface area contributed by atoms with Gasteiger partial charge in [0.2, 0.25) is 10.0 Å². The van der Waals surface area contributed by atoms with Crippen LogP contribution < -0.4 is 5.32 Å². The number of nitrogens with one attached hydrogen (secondary N) is 1. The van der Waals surface area contributed by atoms with Gasteiger partial charge in [-0.1, -0.05) is 12.8 Å². The van der Waals surface area contributed by atoms with Crippen molar-refractivity contribution in [2.24, 2.45) is 0 Å². The van der Waals surface area contributed by atoms with Gasteiger partial charge in [0.1, 0.15) is 6.54 Å². The molecule has 1 fully saturated rings. The lowest BCUT2D eigenvalue weighted by Gasteiger charge is -2.20. The van der Waals surface area contributed by atoms with E-state index in [9.17, 15) is 13.2 Å². The third-order valence-electron chi connectivity index (χ3n) is 3.50. The summed E-state index contributed by atoms with van der Waals surface area (Å²) in [7, 11) is -3.44. The summed E-state index contributed by atoms with van der Waals surface area (Å²) in [5.74, 6) is -0.962. The second kappa shape index (κ2) is 6.91. The Morgan fingerprint density at radius 3 is 2.19 bits per heavy atom. The molecule has 6 nitrogen and oxygen atoms in total. The summed E-state index contributed by atoms with van der Waals surface area (Å²) in [6.07, 6.45) is 3.95. The number of rotatable bonds is 5. The van der Waals surface area contributed by atoms with Gasteiger partial charge in [0, 0.05) is 18.8 Å². The van der Waals surface area contributed by atoms with Crippen molar-refractivity contribution in [3.05, 3.63) is 24.3 Å². The van der Waals surface area contributed by atoms with Crippen molar-refractivity contribution >= 4 is 21.7 Å². The third kappa shape index (κ3) is 4.18. The Morgan fingerprint density at radius 1 is 1.10 bits per heavy atom. The zero-order chi connectivity index (χ0) is 15.3. The standard InChI is InChI=1S/C14H20N2O4S/c17-14(18)11-15-12-5-7-13(8-6-12)21(19,20)16-9-3-1-2-4-10-16/h5-8,15H,1-4,9-11H2,(H,17,18). The molecule has 1 aliphatic heterocycles. The van der Waals surface area contributed by atoms with Crippen LogP contribution in [0, 0.1) is 0 Å². The number of carboxylic acids is 1. The van der Waals surface area contributed by atoms with Gasteiger partial charge in [-0.3, -0.25) is 4.79 Å². The zero-order valence-corrected chi connectivity index (χ0v) is 12.6. The predicted molar refractivity (Wildman–Crippen MR) is 79.8 cm³/mol. The molecule has 7 heteroatoms. The molecule has 0 amide bonds. The summed E-state index contributed by atoms with van der Waals surface area (Å²) in [6, 6.07) is 6.22. The molecule has 0 saturated carbocycles. The predicted octanol–water partition coefficient (Wildman–Crippen LogP) is 1.75. The first-order valence-corrected chi connectivity index (χ1v) is 8.50. The van der Waals surface area contributed by atoms with E-state index in [-0.39, 0.29) is 11.4 Å². The lowest BCUT2D eigenvalue weighted by Crippen LogP contribution is -2.31. The van der Waals surface area contributed by atoms with Gasteiger partial charge in [-0.15, -0.1) is 0 Å². The van der Waals surface area contributed by atoms with Gasteiger partial charge in [-0.2, -0.15) is 4.31 Å². The summed E-state index contributed by atoms with van der Waals surface area (Å²) >= 11 is 0. The van der Waals surface area contributed by atoms with Gasteiger partial charge in [0.15, 0.2) is 0 Å². The molecule has 116 valence electrons. The second-order valence-corrected chi connectivity index (χ2v) is 7.03. The van der Waals surface area contributed by atoms with Crippen LogP contribution in [-0.4, -0.2) is 43.4 Å². The number of benzene rings is 1. The molecule has 0 aromatic heterocycles. The lowest BCUT2D eigenvalue weighted by atomic mass is 10.2. The van der Waals surface area contributed by atoms with E-state index in [1.165, 1.54) is 12.1 Å². The Morgan fingerprint density at radius 2 is 1.67 bits per heavy atom. The van der Waals surface area contributed by atoms with Crippen LogP contribution in [0.5, 0.6) is 0 Å². The van der Waals surface area contributed by atoms with Crippen LogP contribution in [-0.2, 0) is 14.8 Å². The van der Waals surface area contributed by atoms with Crippen molar-refractivity contribution in [3.63, 3.8) is 0 Å². The fraction of sp³-hybridized carbons (Fsp3) is 0.500. The molecular weight excluding hydrogens is 292 g/mol. The quantitative estimate of drug-likeness (QED) is 0.865. The molecule has 0 unspecified atom stereocenters. The summed E-state index contributed by atoms with van der Waals surface area (Å²) in [5, 5.41) is 11.3. The van der Waals surface area contributed by atoms with E-state index in [1.54, 1.807) is 16.4 Å². The first-order valence-electron chi connectivity index (χ1n) is 7.06. The van der Waals surface area contributed by atoms with E-state index in [1.807, 2.05) is 0 Å². The van der Waals surface area contributed by atoms with Gasteiger partial charge < -0.3 is 10.4 Å². The van der Waals surface area contributed by atoms with Crippen molar-refractivity contribution in [3.8, 4) is 0 Å². The molecule has 1 aliphatic rings. The van der Waals surface area contributed by atoms with Crippen LogP contribution in [0.15, 0.2) is 29.2 Å². The van der Waals surface area contributed by atoms with Crippen LogP contribution in [0.4, 0.5) is 5.69 Å². The molecule has 1 aromatic carbocycles. The average molecular weight is 312 g/mol. The normalized spacial score (nSPS) is 17.1. The number of anilines is 1. The van der Waals surface area contributed by atoms with Gasteiger partial charge in [-0.05, 0) is 37.1 Å². The highest BCUT2D eigenvalue weighted by Crippen LogP contribution is 2.21. The Kier molecular flexibility index (Phi) is 5.19. The van der Waals surface area contributed by atoms with E-state index in [0.717, 1.165) is 25.7 Å². The van der Waals surface area contributed by atoms with Gasteiger partial charge in [0.25, 0.3) is 0 Å². The minimum atomic E-state index is -3.44. The summed E-state index contributed by atoms with van der Waals surface area (Å²) in [4.78, 5) is 10.7. The van der Waals surface area contributed by atoms with E-state index < -0.39 is 16.0 Å². The minimum Gasteiger partial charge on any atom is -0.480 e. The molecule has 1 aromatic rings. The SMILES string of the molecule is O=C(O)CNc1ccc(S(=O)(=O)N2CCCCCC2)cc1. The van der Waals surface area contributed by atoms with Crippen LogP contribution in [0.1, 0.15) is 25.7 Å². The Labute approximate surface area is 124 Å². The first kappa shape index (κ1) is 15.8. The molecule has 0 atom stereocenters. The number of hydrogen-bond acceptors (Lipinski definition) is 4. The maximum Gasteiger partial charge on any atom is 0.322 e. The number of sulfonamides is 1. The first-order chi connectivity index (χ1) is 10.00. The molecular formula is C14H20N2O4S. The topological polar surface area (TPSA) is 86.7 Å². The Balaban J connectivity index is 2.10. The average Bonchev–Trinajstić information content (AvgIpc) is 2.75. The summed E-state index contributed by atoms with van der Waals surface area (Å²) in [5.41, 5.74) is 0.590. The fourth-order valence-electron chi connectivity index (χ4n) is 2.35. The van der Waals surface area contributed by atoms with E-state index in [0.29, 0.717) is 18.8 Å². The van der Waals surface area contributed by atoms with Gasteiger partial charge >= 0.3 is 5.97 Å². The number of carbonyl (C=O) groups is 1. The van der Waals surface area contributed by atoms with Crippen LogP contribution >= 0.6 is 0 Å². The van der Waals surface area contributed by atoms with E-state index >= 15 is 0 Å². The maximum absolute atomic E-state index is 12.5. The fourth-order valence-corrected chi connectivity index (χ4v) is 3.87. The van der Waals surface area contributed by atoms with Crippen molar-refractivity contribution in [1.82, 2.24) is 4.31 Å². The number of hydrogen-bond donors (Lipinski definition) is 2. The Bertz CT molecular complexity index is 575. The second-order valence-electron chi connectivity index (χ2n) is 5.09. The molecule has 1 saturated heterocycles. The van der Waals surface area contributed by atoms with Crippen molar-refractivity contribution in [1.29, 1.82) is 0 Å². The molecule has 21 heavy (non-hydrogen) atoms. The highest BCUT2D eigenvalue weighted by molar-refractivity contribution is 7.89. The molecule has 1 heterocycles. The van der Waals surface area contributed by atoms with E-state index in [2.05, 4.69) is 5.32 Å². The molecule has 2 N–H and O–H groups in total. The van der Waals surface area contributed by atoms with Crippen LogP contribution in [0.3, 0.4) is 0 Å². The monoisotopic (exact) mass is 312 g/mol. The number of nitrogens with zero attached hydrogens (tertiary/aromatic N) is 1. The zero-order valence-electron chi connectivity index (χ0n) is 11.8. The van der Waals surface area contributed by atoms with Crippen molar-refractivity contribution < 1.29 is 18.3 Å². The van der Waals surface area contributed by atoms with E-state index in [4.69, 9.17) is 5.11 Å². The number of aliphatic carboxylic acids is 1. The molecule has 2 rings (SSSR count). The largest absolute Gasteiger partial charge is 0.480 e. The number of carboxylic acid groups (broad SMARTS) is 1. The van der Waals surface area contributed by atoms with Gasteiger partial charge in [0.05, 0.1) is 4.90 Å². The van der Waals surface area contributed by atoms with Crippen LogP contribution in [0.2, 0.25) is 0 Å².